The number of likely N-dealkylation sites (N-methyl/N-ethyl adjacent to an activating group) is 1. The Morgan fingerprint density at radius 1 is 1.03 bits per heavy atom. The second kappa shape index (κ2) is 10.2. The Hall–Kier alpha value is -1.88. The third-order valence-corrected chi connectivity index (χ3v) is 7.03. The summed E-state index contributed by atoms with van der Waals surface area (Å²) in [7, 11) is 1.94. The zero-order valence-corrected chi connectivity index (χ0v) is 20.2. The Morgan fingerprint density at radius 3 is 2.13 bits per heavy atom. The molecule has 1 heterocycles. The molecule has 5 nitrogen and oxygen atoms in total. The molecule has 2 amide bonds. The number of carbonyl (C=O) groups is 2. The predicted molar refractivity (Wildman–Crippen MR) is 126 cm³/mol. The fraction of sp³-hybridized carbons (Fsp3) is 0.692. The highest BCUT2D eigenvalue weighted by Gasteiger charge is 2.38. The zero-order valence-electron chi connectivity index (χ0n) is 20.2. The number of nitrogens with zero attached hydrogens (tertiary/aromatic N) is 3. The molecule has 3 rings (SSSR count). The predicted octanol–water partition coefficient (Wildman–Crippen LogP) is 4.17. The van der Waals surface area contributed by atoms with Gasteiger partial charge in [-0.3, -0.25) is 14.5 Å². The Bertz CT molecular complexity index is 739. The van der Waals surface area contributed by atoms with Gasteiger partial charge in [0.25, 0.3) is 5.91 Å². The average molecular weight is 428 g/mol. The molecule has 1 aliphatic carbocycles. The molecule has 2 aliphatic rings. The number of piperazine rings is 1. The minimum atomic E-state index is -0.0256. The van der Waals surface area contributed by atoms with E-state index in [4.69, 9.17) is 0 Å². The van der Waals surface area contributed by atoms with Gasteiger partial charge < -0.3 is 9.80 Å². The van der Waals surface area contributed by atoms with E-state index in [0.717, 1.165) is 44.5 Å². The molecule has 5 heteroatoms. The van der Waals surface area contributed by atoms with Gasteiger partial charge in [-0.25, -0.2) is 0 Å². The molecule has 1 saturated heterocycles. The van der Waals surface area contributed by atoms with Crippen molar-refractivity contribution in [3.8, 4) is 0 Å². The first-order valence-electron chi connectivity index (χ1n) is 12.1. The van der Waals surface area contributed by atoms with Crippen molar-refractivity contribution < 1.29 is 9.59 Å². The van der Waals surface area contributed by atoms with Gasteiger partial charge in [0.1, 0.15) is 0 Å². The second-order valence-corrected chi connectivity index (χ2v) is 10.4. The van der Waals surface area contributed by atoms with Gasteiger partial charge in [-0.2, -0.15) is 0 Å². The quantitative estimate of drug-likeness (QED) is 0.684. The number of carbonyl (C=O) groups excluding carboxylic acids is 2. The van der Waals surface area contributed by atoms with Crippen LogP contribution in [0.15, 0.2) is 24.3 Å². The molecule has 1 aliphatic heterocycles. The molecule has 0 N–H and O–H groups in total. The molecule has 0 bridgehead atoms. The summed E-state index contributed by atoms with van der Waals surface area (Å²) in [6.07, 6.45) is 5.74. The van der Waals surface area contributed by atoms with Crippen LogP contribution in [0.1, 0.15) is 75.7 Å². The van der Waals surface area contributed by atoms with Crippen molar-refractivity contribution in [1.29, 1.82) is 0 Å². The zero-order chi connectivity index (χ0) is 22.6. The number of benzene rings is 1. The Morgan fingerprint density at radius 2 is 1.61 bits per heavy atom. The van der Waals surface area contributed by atoms with Gasteiger partial charge in [-0.1, -0.05) is 52.7 Å². The molecule has 1 unspecified atom stereocenters. The van der Waals surface area contributed by atoms with Crippen LogP contribution >= 0.6 is 0 Å². The van der Waals surface area contributed by atoms with Crippen molar-refractivity contribution in [2.75, 3.05) is 39.8 Å². The first-order valence-corrected chi connectivity index (χ1v) is 12.1. The summed E-state index contributed by atoms with van der Waals surface area (Å²) in [6, 6.07) is 8.03. The van der Waals surface area contributed by atoms with Crippen LogP contribution in [-0.2, 0) is 10.2 Å². The van der Waals surface area contributed by atoms with E-state index in [1.807, 2.05) is 29.0 Å². The van der Waals surface area contributed by atoms with Gasteiger partial charge in [-0.15, -0.1) is 0 Å². The SMILES string of the molecule is CCCN(C)C(=O)C(C1CCCC1)N1CCN(C(=O)c2ccc(C(C)(C)C)cc2)CC1. The smallest absolute Gasteiger partial charge is 0.253 e. The maximum absolute atomic E-state index is 13.3. The van der Waals surface area contributed by atoms with E-state index in [9.17, 15) is 9.59 Å². The third-order valence-electron chi connectivity index (χ3n) is 7.03. The van der Waals surface area contributed by atoms with Crippen molar-refractivity contribution in [3.63, 3.8) is 0 Å². The van der Waals surface area contributed by atoms with E-state index in [1.54, 1.807) is 0 Å². The number of hydrogen-bond donors (Lipinski definition) is 0. The van der Waals surface area contributed by atoms with E-state index in [2.05, 4.69) is 44.7 Å². The van der Waals surface area contributed by atoms with Crippen molar-refractivity contribution in [2.45, 2.75) is 71.3 Å². The van der Waals surface area contributed by atoms with Crippen LogP contribution < -0.4 is 0 Å². The Labute approximate surface area is 188 Å². The van der Waals surface area contributed by atoms with Crippen LogP contribution in [0.4, 0.5) is 0 Å². The van der Waals surface area contributed by atoms with E-state index < -0.39 is 0 Å². The maximum Gasteiger partial charge on any atom is 0.253 e. The molecule has 1 atom stereocenters. The lowest BCUT2D eigenvalue weighted by Gasteiger charge is -2.42. The summed E-state index contributed by atoms with van der Waals surface area (Å²) >= 11 is 0. The van der Waals surface area contributed by atoms with E-state index >= 15 is 0 Å². The lowest BCUT2D eigenvalue weighted by atomic mass is 9.86. The fourth-order valence-electron chi connectivity index (χ4n) is 5.10. The monoisotopic (exact) mass is 427 g/mol. The van der Waals surface area contributed by atoms with Crippen molar-refractivity contribution in [3.05, 3.63) is 35.4 Å². The highest BCUT2D eigenvalue weighted by atomic mass is 16.2. The molecule has 1 aromatic carbocycles. The van der Waals surface area contributed by atoms with Crippen LogP contribution in [0.25, 0.3) is 0 Å². The summed E-state index contributed by atoms with van der Waals surface area (Å²) < 4.78 is 0. The molecule has 1 saturated carbocycles. The normalized spacial score (nSPS) is 19.5. The van der Waals surface area contributed by atoms with E-state index in [-0.39, 0.29) is 23.3 Å². The molecule has 31 heavy (non-hydrogen) atoms. The van der Waals surface area contributed by atoms with Crippen LogP contribution in [-0.4, -0.2) is 72.3 Å². The second-order valence-electron chi connectivity index (χ2n) is 10.4. The molecular weight excluding hydrogens is 386 g/mol. The van der Waals surface area contributed by atoms with Crippen LogP contribution in [0.3, 0.4) is 0 Å². The summed E-state index contributed by atoms with van der Waals surface area (Å²) in [6.45, 7) is 12.4. The lowest BCUT2D eigenvalue weighted by Crippen LogP contribution is -2.58. The lowest BCUT2D eigenvalue weighted by molar-refractivity contribution is -0.138. The van der Waals surface area contributed by atoms with E-state index in [0.29, 0.717) is 19.0 Å². The Balaban J connectivity index is 1.64. The molecule has 2 fully saturated rings. The third kappa shape index (κ3) is 5.68. The van der Waals surface area contributed by atoms with Gasteiger partial charge in [0.2, 0.25) is 5.91 Å². The number of amides is 2. The van der Waals surface area contributed by atoms with Gasteiger partial charge in [-0.05, 0) is 48.3 Å². The van der Waals surface area contributed by atoms with Gasteiger partial charge in [0, 0.05) is 45.3 Å². The van der Waals surface area contributed by atoms with Gasteiger partial charge >= 0.3 is 0 Å². The summed E-state index contributed by atoms with van der Waals surface area (Å²) in [4.78, 5) is 32.6. The van der Waals surface area contributed by atoms with E-state index in [1.165, 1.54) is 18.4 Å². The summed E-state index contributed by atoms with van der Waals surface area (Å²) in [5, 5.41) is 0. The fourth-order valence-corrected chi connectivity index (χ4v) is 5.10. The van der Waals surface area contributed by atoms with Crippen LogP contribution in [0.2, 0.25) is 0 Å². The Kier molecular flexibility index (Phi) is 7.79. The molecule has 1 aromatic rings. The molecule has 0 spiro atoms. The molecule has 172 valence electrons. The minimum Gasteiger partial charge on any atom is -0.344 e. The van der Waals surface area contributed by atoms with Gasteiger partial charge in [0.05, 0.1) is 6.04 Å². The molecular formula is C26H41N3O2. The summed E-state index contributed by atoms with van der Waals surface area (Å²) in [5.41, 5.74) is 2.08. The number of rotatable bonds is 6. The largest absolute Gasteiger partial charge is 0.344 e. The standard InChI is InChI=1S/C26H41N3O2/c1-6-15-27(5)25(31)23(20-9-7-8-10-20)28-16-18-29(19-17-28)24(30)21-11-13-22(14-12-21)26(2,3)4/h11-14,20,23H,6-10,15-19H2,1-5H3. The minimum absolute atomic E-state index is 0.0256. The van der Waals surface area contributed by atoms with Crippen LogP contribution in [0, 0.1) is 5.92 Å². The highest BCUT2D eigenvalue weighted by molar-refractivity contribution is 5.94. The van der Waals surface area contributed by atoms with Crippen molar-refractivity contribution in [1.82, 2.24) is 14.7 Å². The number of hydrogen-bond acceptors (Lipinski definition) is 3. The molecule has 0 radical (unpaired) electrons. The first kappa shape index (κ1) is 23.8. The summed E-state index contributed by atoms with van der Waals surface area (Å²) in [5.74, 6) is 0.831. The average Bonchev–Trinajstić information content (AvgIpc) is 3.28. The van der Waals surface area contributed by atoms with Crippen LogP contribution in [0.5, 0.6) is 0 Å². The van der Waals surface area contributed by atoms with Crippen molar-refractivity contribution >= 4 is 11.8 Å². The first-order chi connectivity index (χ1) is 14.7. The highest BCUT2D eigenvalue weighted by Crippen LogP contribution is 2.32. The topological polar surface area (TPSA) is 43.9 Å². The van der Waals surface area contributed by atoms with Gasteiger partial charge in [0.15, 0.2) is 0 Å². The maximum atomic E-state index is 13.3. The van der Waals surface area contributed by atoms with Crippen molar-refractivity contribution in [2.24, 2.45) is 5.92 Å². The molecule has 0 aromatic heterocycles.